The van der Waals surface area contributed by atoms with Gasteiger partial charge in [0.05, 0.1) is 30.4 Å². The van der Waals surface area contributed by atoms with Crippen LogP contribution in [0.1, 0.15) is 54.2 Å². The Morgan fingerprint density at radius 2 is 1.86 bits per heavy atom. The van der Waals surface area contributed by atoms with Crippen molar-refractivity contribution >= 4 is 35.3 Å². The molecule has 0 fully saturated rings. The summed E-state index contributed by atoms with van der Waals surface area (Å²) >= 11 is 1.39. The fraction of sp³-hybridized carbons (Fsp3) is 0.267. The van der Waals surface area contributed by atoms with Gasteiger partial charge >= 0.3 is 0 Å². The lowest BCUT2D eigenvalue weighted by Crippen LogP contribution is -2.31. The second kappa shape index (κ2) is 12.0. The highest BCUT2D eigenvalue weighted by molar-refractivity contribution is 8.04. The third-order valence-corrected chi connectivity index (χ3v) is 7.32. The zero-order valence-electron chi connectivity index (χ0n) is 21.6. The van der Waals surface area contributed by atoms with Crippen LogP contribution in [-0.4, -0.2) is 32.6 Å². The van der Waals surface area contributed by atoms with E-state index in [1.54, 1.807) is 31.2 Å². The minimum absolute atomic E-state index is 0.129. The molecular weight excluding hydrogens is 484 g/mol. The molecule has 0 unspecified atom stereocenters. The summed E-state index contributed by atoms with van der Waals surface area (Å²) in [6, 6.07) is 20.7. The smallest absolute Gasteiger partial charge is 0.264 e. The maximum absolute atomic E-state index is 13.1. The van der Waals surface area contributed by atoms with Crippen LogP contribution in [0.15, 0.2) is 76.5 Å². The highest BCUT2D eigenvalue weighted by atomic mass is 32.2. The molecule has 4 rings (SSSR count). The Morgan fingerprint density at radius 1 is 1.11 bits per heavy atom. The topological polar surface area (TPSA) is 67.9 Å². The molecule has 3 aromatic rings. The van der Waals surface area contributed by atoms with Gasteiger partial charge in [-0.2, -0.15) is 0 Å². The molecule has 1 heterocycles. The van der Waals surface area contributed by atoms with E-state index in [4.69, 9.17) is 9.47 Å². The Labute approximate surface area is 222 Å². The molecule has 7 heteroatoms. The first-order valence-corrected chi connectivity index (χ1v) is 13.2. The number of para-hydroxylation sites is 1. The molecule has 0 radical (unpaired) electrons. The maximum Gasteiger partial charge on any atom is 0.264 e. The Morgan fingerprint density at radius 3 is 2.59 bits per heavy atom. The number of benzene rings is 3. The quantitative estimate of drug-likeness (QED) is 0.261. The van der Waals surface area contributed by atoms with Gasteiger partial charge in [0.15, 0.2) is 0 Å². The van der Waals surface area contributed by atoms with Gasteiger partial charge in [-0.3, -0.25) is 9.59 Å². The molecule has 0 spiro atoms. The molecule has 37 heavy (non-hydrogen) atoms. The van der Waals surface area contributed by atoms with Crippen molar-refractivity contribution < 1.29 is 19.1 Å². The number of nitrogens with zero attached hydrogens (tertiary/aromatic N) is 1. The second-order valence-corrected chi connectivity index (χ2v) is 9.95. The number of anilines is 1. The first-order chi connectivity index (χ1) is 17.9. The second-order valence-electron chi connectivity index (χ2n) is 8.87. The van der Waals surface area contributed by atoms with Crippen molar-refractivity contribution in [3.8, 4) is 11.5 Å². The molecule has 6 nitrogen and oxygen atoms in total. The number of hydrogen-bond acceptors (Lipinski definition) is 5. The fourth-order valence-electron chi connectivity index (χ4n) is 4.01. The normalized spacial score (nSPS) is 14.8. The number of ether oxygens (including phenoxy) is 2. The van der Waals surface area contributed by atoms with Crippen molar-refractivity contribution in [3.05, 3.63) is 88.3 Å². The van der Waals surface area contributed by atoms with Crippen molar-refractivity contribution in [1.29, 1.82) is 0 Å². The lowest BCUT2D eigenvalue weighted by molar-refractivity contribution is -0.114. The van der Waals surface area contributed by atoms with E-state index in [2.05, 4.69) is 12.2 Å². The number of unbranched alkanes of at least 4 members (excludes halogenated alkanes) is 1. The van der Waals surface area contributed by atoms with Crippen LogP contribution in [0.5, 0.6) is 11.5 Å². The summed E-state index contributed by atoms with van der Waals surface area (Å²) in [6.07, 6.45) is 3.95. The van der Waals surface area contributed by atoms with Crippen molar-refractivity contribution in [2.24, 2.45) is 0 Å². The molecule has 0 bridgehead atoms. The van der Waals surface area contributed by atoms with Gasteiger partial charge in [0.2, 0.25) is 0 Å². The zero-order valence-corrected chi connectivity index (χ0v) is 22.4. The van der Waals surface area contributed by atoms with Crippen LogP contribution in [0.25, 0.3) is 6.08 Å². The SMILES string of the molecule is CCCCOc1ccc([C@@H](C)NC(=O)c2ccc3c(c2)N(C)C(=O)/C(=C\c2ccccc2OC)S3)cc1. The highest BCUT2D eigenvalue weighted by Crippen LogP contribution is 2.42. The van der Waals surface area contributed by atoms with Crippen LogP contribution in [0.3, 0.4) is 0 Å². The van der Waals surface area contributed by atoms with Gasteiger partial charge in [-0.15, -0.1) is 0 Å². The summed E-state index contributed by atoms with van der Waals surface area (Å²) < 4.78 is 11.1. The Kier molecular flexibility index (Phi) is 8.56. The van der Waals surface area contributed by atoms with E-state index in [1.165, 1.54) is 11.8 Å². The number of likely N-dealkylation sites (N-methyl/N-ethyl adjacent to an activating group) is 1. The monoisotopic (exact) mass is 516 g/mol. The Bertz CT molecular complexity index is 1300. The molecule has 1 aliphatic heterocycles. The van der Waals surface area contributed by atoms with Gasteiger partial charge in [-0.05, 0) is 61.4 Å². The van der Waals surface area contributed by atoms with E-state index < -0.39 is 0 Å². The average molecular weight is 517 g/mol. The molecule has 1 atom stereocenters. The first kappa shape index (κ1) is 26.4. The summed E-state index contributed by atoms with van der Waals surface area (Å²) in [5, 5.41) is 3.06. The van der Waals surface area contributed by atoms with Crippen LogP contribution in [0, 0.1) is 0 Å². The molecule has 192 valence electrons. The van der Waals surface area contributed by atoms with Crippen molar-refractivity contribution in [1.82, 2.24) is 5.32 Å². The molecule has 3 aromatic carbocycles. The summed E-state index contributed by atoms with van der Waals surface area (Å²) in [4.78, 5) is 29.3. The molecule has 0 aliphatic carbocycles. The molecule has 1 aliphatic rings. The number of methoxy groups -OCH3 is 1. The summed E-state index contributed by atoms with van der Waals surface area (Å²) in [5.74, 6) is 1.21. The average Bonchev–Trinajstić information content (AvgIpc) is 2.92. The van der Waals surface area contributed by atoms with Crippen LogP contribution in [-0.2, 0) is 4.79 Å². The first-order valence-electron chi connectivity index (χ1n) is 12.4. The van der Waals surface area contributed by atoms with Crippen molar-refractivity contribution in [3.63, 3.8) is 0 Å². The number of hydrogen-bond donors (Lipinski definition) is 1. The zero-order chi connectivity index (χ0) is 26.4. The predicted octanol–water partition coefficient (Wildman–Crippen LogP) is 6.47. The largest absolute Gasteiger partial charge is 0.496 e. The number of carbonyl (C=O) groups excluding carboxylic acids is 2. The number of thioether (sulfide) groups is 1. The van der Waals surface area contributed by atoms with E-state index in [1.807, 2.05) is 67.6 Å². The van der Waals surface area contributed by atoms with Crippen molar-refractivity contribution in [2.75, 3.05) is 25.7 Å². The van der Waals surface area contributed by atoms with E-state index in [0.29, 0.717) is 28.5 Å². The van der Waals surface area contributed by atoms with Gasteiger partial charge in [0.1, 0.15) is 11.5 Å². The summed E-state index contributed by atoms with van der Waals surface area (Å²) in [5.41, 5.74) is 3.04. The highest BCUT2D eigenvalue weighted by Gasteiger charge is 2.28. The van der Waals surface area contributed by atoms with Gasteiger partial charge in [-0.1, -0.05) is 55.4 Å². The Balaban J connectivity index is 1.47. The minimum atomic E-state index is -0.195. The molecular formula is C30H32N2O4S. The van der Waals surface area contributed by atoms with E-state index in [0.717, 1.165) is 34.6 Å². The molecule has 0 aromatic heterocycles. The molecule has 1 N–H and O–H groups in total. The number of nitrogens with one attached hydrogen (secondary N) is 1. The van der Waals surface area contributed by atoms with E-state index >= 15 is 0 Å². The van der Waals surface area contributed by atoms with Gasteiger partial charge < -0.3 is 19.7 Å². The van der Waals surface area contributed by atoms with Crippen LogP contribution in [0.4, 0.5) is 5.69 Å². The number of fused-ring (bicyclic) bond motifs is 1. The lowest BCUT2D eigenvalue weighted by atomic mass is 10.1. The summed E-state index contributed by atoms with van der Waals surface area (Å²) in [6.45, 7) is 4.78. The number of amides is 2. The van der Waals surface area contributed by atoms with Gasteiger partial charge in [-0.25, -0.2) is 0 Å². The van der Waals surface area contributed by atoms with Crippen LogP contribution >= 0.6 is 11.8 Å². The van der Waals surface area contributed by atoms with Crippen LogP contribution in [0.2, 0.25) is 0 Å². The van der Waals surface area contributed by atoms with Crippen LogP contribution < -0.4 is 19.7 Å². The lowest BCUT2D eigenvalue weighted by Gasteiger charge is -2.27. The molecule has 2 amide bonds. The summed E-state index contributed by atoms with van der Waals surface area (Å²) in [7, 11) is 3.34. The fourth-order valence-corrected chi connectivity index (χ4v) is 5.10. The molecule has 0 saturated heterocycles. The minimum Gasteiger partial charge on any atom is -0.496 e. The van der Waals surface area contributed by atoms with E-state index in [-0.39, 0.29) is 17.9 Å². The Hall–Kier alpha value is -3.71. The third-order valence-electron chi connectivity index (χ3n) is 6.24. The van der Waals surface area contributed by atoms with Gasteiger partial charge in [0, 0.05) is 23.1 Å². The standard InChI is InChI=1S/C30H32N2O4S/c1-5-6-17-36-24-14-11-21(12-15-24)20(2)31-29(33)23-13-16-27-25(18-23)32(3)30(34)28(37-27)19-22-9-7-8-10-26(22)35-4/h7-16,18-20H,5-6,17H2,1-4H3,(H,31,33)/b28-19+/t20-/m1/s1. The van der Waals surface area contributed by atoms with Crippen molar-refractivity contribution in [2.45, 2.75) is 37.6 Å². The predicted molar refractivity (Wildman–Crippen MR) is 149 cm³/mol. The number of rotatable bonds is 9. The molecule has 0 saturated carbocycles. The number of carbonyl (C=O) groups is 2. The van der Waals surface area contributed by atoms with Gasteiger partial charge in [0.25, 0.3) is 11.8 Å². The maximum atomic E-state index is 13.1. The third kappa shape index (κ3) is 6.17. The van der Waals surface area contributed by atoms with E-state index in [9.17, 15) is 9.59 Å².